The summed E-state index contributed by atoms with van der Waals surface area (Å²) in [5, 5.41) is 14.5. The van der Waals surface area contributed by atoms with Crippen LogP contribution in [0.2, 0.25) is 0 Å². The SMILES string of the molecule is Cc1nc2ccccn2c1-c1nnc2sc(Cc3ccc(Oc4ccccc4)cc3)nn12. The van der Waals surface area contributed by atoms with E-state index in [9.17, 15) is 0 Å². The Balaban J connectivity index is 1.28. The van der Waals surface area contributed by atoms with Gasteiger partial charge in [-0.25, -0.2) is 4.98 Å². The van der Waals surface area contributed by atoms with Crippen LogP contribution in [-0.2, 0) is 6.42 Å². The highest BCUT2D eigenvalue weighted by Crippen LogP contribution is 2.27. The molecule has 0 radical (unpaired) electrons. The third kappa shape index (κ3) is 3.30. The summed E-state index contributed by atoms with van der Waals surface area (Å²) >= 11 is 1.55. The second kappa shape index (κ2) is 7.58. The summed E-state index contributed by atoms with van der Waals surface area (Å²) in [5.74, 6) is 2.33. The van der Waals surface area contributed by atoms with E-state index in [0.29, 0.717) is 12.2 Å². The van der Waals surface area contributed by atoms with E-state index in [1.807, 2.05) is 82.7 Å². The van der Waals surface area contributed by atoms with Gasteiger partial charge in [-0.3, -0.25) is 4.40 Å². The third-order valence-corrected chi connectivity index (χ3v) is 6.11. The molecule has 4 heterocycles. The molecule has 156 valence electrons. The predicted octanol–water partition coefficient (Wildman–Crippen LogP) is 5.19. The fourth-order valence-electron chi connectivity index (χ4n) is 3.73. The molecule has 0 atom stereocenters. The Hall–Kier alpha value is -4.04. The fourth-order valence-corrected chi connectivity index (χ4v) is 4.60. The van der Waals surface area contributed by atoms with E-state index in [2.05, 4.69) is 27.3 Å². The van der Waals surface area contributed by atoms with Crippen molar-refractivity contribution in [3.05, 3.63) is 95.3 Å². The van der Waals surface area contributed by atoms with Crippen molar-refractivity contribution in [2.24, 2.45) is 0 Å². The molecule has 0 aliphatic rings. The van der Waals surface area contributed by atoms with Gasteiger partial charge in [0.1, 0.15) is 27.8 Å². The van der Waals surface area contributed by atoms with Crippen molar-refractivity contribution in [1.82, 2.24) is 29.2 Å². The number of pyridine rings is 1. The van der Waals surface area contributed by atoms with Gasteiger partial charge in [0.05, 0.1) is 5.69 Å². The number of hydrogen-bond donors (Lipinski definition) is 0. The van der Waals surface area contributed by atoms with Gasteiger partial charge >= 0.3 is 0 Å². The van der Waals surface area contributed by atoms with Crippen LogP contribution < -0.4 is 4.74 Å². The smallest absolute Gasteiger partial charge is 0.235 e. The van der Waals surface area contributed by atoms with E-state index in [4.69, 9.17) is 9.84 Å². The molecule has 2 aromatic carbocycles. The molecule has 0 aliphatic carbocycles. The molecule has 0 bridgehead atoms. The average Bonchev–Trinajstić information content (AvgIpc) is 3.48. The highest BCUT2D eigenvalue weighted by atomic mass is 32.1. The Kier molecular flexibility index (Phi) is 4.43. The molecule has 6 rings (SSSR count). The lowest BCUT2D eigenvalue weighted by molar-refractivity contribution is 0.482. The monoisotopic (exact) mass is 438 g/mol. The van der Waals surface area contributed by atoms with Crippen molar-refractivity contribution in [3.8, 4) is 23.0 Å². The quantitative estimate of drug-likeness (QED) is 0.370. The van der Waals surface area contributed by atoms with Crippen LogP contribution in [0, 0.1) is 6.92 Å². The lowest BCUT2D eigenvalue weighted by atomic mass is 10.1. The first kappa shape index (κ1) is 18.7. The number of aromatic nitrogens is 6. The van der Waals surface area contributed by atoms with Crippen molar-refractivity contribution in [2.45, 2.75) is 13.3 Å². The zero-order chi connectivity index (χ0) is 21.5. The van der Waals surface area contributed by atoms with Gasteiger partial charge in [0, 0.05) is 12.6 Å². The van der Waals surface area contributed by atoms with E-state index in [0.717, 1.165) is 44.1 Å². The van der Waals surface area contributed by atoms with Crippen molar-refractivity contribution in [2.75, 3.05) is 0 Å². The highest BCUT2D eigenvalue weighted by molar-refractivity contribution is 7.16. The molecule has 0 N–H and O–H groups in total. The van der Waals surface area contributed by atoms with Crippen LogP contribution in [0.4, 0.5) is 0 Å². The van der Waals surface area contributed by atoms with Gasteiger partial charge in [0.15, 0.2) is 0 Å². The number of aryl methyl sites for hydroxylation is 1. The second-order valence-corrected chi connectivity index (χ2v) is 8.46. The number of imidazole rings is 1. The lowest BCUT2D eigenvalue weighted by Crippen LogP contribution is -1.97. The molecule has 32 heavy (non-hydrogen) atoms. The molecule has 0 spiro atoms. The maximum Gasteiger partial charge on any atom is 0.235 e. The summed E-state index contributed by atoms with van der Waals surface area (Å²) in [6.07, 6.45) is 2.70. The summed E-state index contributed by atoms with van der Waals surface area (Å²) in [7, 11) is 0. The van der Waals surface area contributed by atoms with Crippen molar-refractivity contribution in [3.63, 3.8) is 0 Å². The molecule has 0 saturated heterocycles. The van der Waals surface area contributed by atoms with Gasteiger partial charge < -0.3 is 4.74 Å². The number of hydrogen-bond acceptors (Lipinski definition) is 6. The second-order valence-electron chi connectivity index (χ2n) is 7.42. The Labute approximate surface area is 187 Å². The van der Waals surface area contributed by atoms with Gasteiger partial charge in [-0.15, -0.1) is 10.2 Å². The van der Waals surface area contributed by atoms with E-state index in [-0.39, 0.29) is 0 Å². The number of para-hydroxylation sites is 1. The Morgan fingerprint density at radius 2 is 1.66 bits per heavy atom. The van der Waals surface area contributed by atoms with Crippen LogP contribution in [-0.4, -0.2) is 29.2 Å². The normalized spacial score (nSPS) is 11.4. The number of fused-ring (bicyclic) bond motifs is 2. The minimum atomic E-state index is 0.699. The Morgan fingerprint density at radius 1 is 0.875 bits per heavy atom. The lowest BCUT2D eigenvalue weighted by Gasteiger charge is -2.06. The van der Waals surface area contributed by atoms with Crippen molar-refractivity contribution >= 4 is 21.9 Å². The zero-order valence-electron chi connectivity index (χ0n) is 17.2. The van der Waals surface area contributed by atoms with E-state index in [1.54, 1.807) is 11.3 Å². The van der Waals surface area contributed by atoms with Crippen LogP contribution in [0.5, 0.6) is 11.5 Å². The first-order valence-corrected chi connectivity index (χ1v) is 11.0. The standard InChI is InChI=1S/C24H18N6OS/c1-16-22(29-14-6-5-9-20(29)25-16)23-26-27-24-30(23)28-21(32-24)15-17-10-12-19(13-11-17)31-18-7-3-2-4-8-18/h2-14H,15H2,1H3. The number of nitrogens with zero attached hydrogens (tertiary/aromatic N) is 6. The molecular formula is C24H18N6OS. The van der Waals surface area contributed by atoms with Gasteiger partial charge in [0.2, 0.25) is 10.8 Å². The Morgan fingerprint density at radius 3 is 2.50 bits per heavy atom. The molecule has 0 aliphatic heterocycles. The summed E-state index contributed by atoms with van der Waals surface area (Å²) < 4.78 is 9.72. The maximum atomic E-state index is 5.88. The largest absolute Gasteiger partial charge is 0.457 e. The molecule has 0 amide bonds. The van der Waals surface area contributed by atoms with Crippen LogP contribution in [0.25, 0.3) is 22.1 Å². The molecule has 6 aromatic rings. The maximum absolute atomic E-state index is 5.88. The summed E-state index contributed by atoms with van der Waals surface area (Å²) in [6, 6.07) is 23.8. The fraction of sp³-hybridized carbons (Fsp3) is 0.0833. The predicted molar refractivity (Wildman–Crippen MR) is 123 cm³/mol. The van der Waals surface area contributed by atoms with Crippen LogP contribution in [0.15, 0.2) is 79.0 Å². The number of benzene rings is 2. The van der Waals surface area contributed by atoms with E-state index < -0.39 is 0 Å². The molecule has 7 nitrogen and oxygen atoms in total. The summed E-state index contributed by atoms with van der Waals surface area (Å²) in [5.41, 5.74) is 3.84. The molecule has 8 heteroatoms. The minimum Gasteiger partial charge on any atom is -0.457 e. The topological polar surface area (TPSA) is 69.6 Å². The van der Waals surface area contributed by atoms with Gasteiger partial charge in [-0.1, -0.05) is 47.7 Å². The van der Waals surface area contributed by atoms with Crippen molar-refractivity contribution in [1.29, 1.82) is 0 Å². The zero-order valence-corrected chi connectivity index (χ0v) is 18.0. The van der Waals surface area contributed by atoms with Gasteiger partial charge in [-0.05, 0) is 48.9 Å². The van der Waals surface area contributed by atoms with E-state index >= 15 is 0 Å². The molecule has 4 aromatic heterocycles. The summed E-state index contributed by atoms with van der Waals surface area (Å²) in [6.45, 7) is 1.98. The van der Waals surface area contributed by atoms with Crippen molar-refractivity contribution < 1.29 is 4.74 Å². The Bertz CT molecular complexity index is 1530. The van der Waals surface area contributed by atoms with Crippen LogP contribution >= 0.6 is 11.3 Å². The van der Waals surface area contributed by atoms with Gasteiger partial charge in [0.25, 0.3) is 0 Å². The summed E-state index contributed by atoms with van der Waals surface area (Å²) in [4.78, 5) is 5.40. The molecule has 0 saturated carbocycles. The van der Waals surface area contributed by atoms with E-state index in [1.165, 1.54) is 0 Å². The number of rotatable bonds is 5. The highest BCUT2D eigenvalue weighted by Gasteiger charge is 2.19. The van der Waals surface area contributed by atoms with Crippen LogP contribution in [0.3, 0.4) is 0 Å². The first-order chi connectivity index (χ1) is 15.7. The first-order valence-electron chi connectivity index (χ1n) is 10.2. The average molecular weight is 439 g/mol. The number of ether oxygens (including phenoxy) is 1. The van der Waals surface area contributed by atoms with Crippen LogP contribution in [0.1, 0.15) is 16.3 Å². The van der Waals surface area contributed by atoms with Gasteiger partial charge in [-0.2, -0.15) is 9.61 Å². The molecule has 0 fully saturated rings. The minimum absolute atomic E-state index is 0.699. The molecule has 0 unspecified atom stereocenters. The molecular weight excluding hydrogens is 420 g/mol. The third-order valence-electron chi connectivity index (χ3n) is 5.21.